The Hall–Kier alpha value is -7.96. The number of unbranched alkanes of at least 4 members (excludes halogenated alkanes) is 4. The maximum absolute atomic E-state index is 14.2. The summed E-state index contributed by atoms with van der Waals surface area (Å²) < 4.78 is 7.90. The summed E-state index contributed by atoms with van der Waals surface area (Å²) >= 11 is 4.74. The van der Waals surface area contributed by atoms with Crippen molar-refractivity contribution in [3.05, 3.63) is 159 Å². The van der Waals surface area contributed by atoms with Crippen molar-refractivity contribution in [1.82, 2.24) is 44.5 Å². The van der Waals surface area contributed by atoms with Gasteiger partial charge in [-0.15, -0.1) is 0 Å². The van der Waals surface area contributed by atoms with Gasteiger partial charge in [0.25, 0.3) is 11.1 Å². The number of ether oxygens (including phenoxy) is 1. The first-order chi connectivity index (χ1) is 41.6. The van der Waals surface area contributed by atoms with Gasteiger partial charge in [0.2, 0.25) is 17.8 Å². The van der Waals surface area contributed by atoms with E-state index in [2.05, 4.69) is 77.5 Å². The Morgan fingerprint density at radius 3 is 1.38 bits per heavy atom. The van der Waals surface area contributed by atoms with Gasteiger partial charge in [-0.25, -0.2) is 15.4 Å². The van der Waals surface area contributed by atoms with Gasteiger partial charge in [-0.3, -0.25) is 33.5 Å². The van der Waals surface area contributed by atoms with E-state index in [0.717, 1.165) is 49.7 Å². The summed E-state index contributed by atoms with van der Waals surface area (Å²) in [5.41, 5.74) is 29.0. The molecule has 4 heterocycles. The average Bonchev–Trinajstić information content (AvgIpc) is 0.992. The molecule has 0 fully saturated rings. The van der Waals surface area contributed by atoms with Crippen LogP contribution in [0, 0.1) is 29.6 Å². The Bertz CT molecular complexity index is 3530. The number of para-hydroxylation sites is 2. The fourth-order valence-electron chi connectivity index (χ4n) is 9.32. The number of aromatic nitrogens is 8. The summed E-state index contributed by atoms with van der Waals surface area (Å²) in [7, 11) is 2.01. The van der Waals surface area contributed by atoms with Crippen molar-refractivity contribution in [3.63, 3.8) is 0 Å². The summed E-state index contributed by atoms with van der Waals surface area (Å²) in [4.78, 5) is 77.1. The zero-order valence-corrected chi connectivity index (χ0v) is 54.0. The Morgan fingerprint density at radius 1 is 0.628 bits per heavy atom. The molecule has 8 aromatic rings. The van der Waals surface area contributed by atoms with E-state index in [9.17, 15) is 29.7 Å². The third kappa shape index (κ3) is 18.5. The van der Waals surface area contributed by atoms with Crippen LogP contribution in [-0.4, -0.2) is 63.2 Å². The van der Waals surface area contributed by atoms with Gasteiger partial charge in [0, 0.05) is 12.8 Å². The Kier molecular flexibility index (Phi) is 28.4. The van der Waals surface area contributed by atoms with Gasteiger partial charge in [0.05, 0.1) is 52.4 Å². The number of rotatable bonds is 22. The number of methoxy groups -OCH3 is 1. The number of esters is 1. The molecule has 23 nitrogen and oxygen atoms in total. The molecule has 0 unspecified atom stereocenters. The summed E-state index contributed by atoms with van der Waals surface area (Å²) in [6.07, 6.45) is 8.44. The number of halogens is 2. The van der Waals surface area contributed by atoms with Crippen molar-refractivity contribution < 1.29 is 29.0 Å². The number of amides is 1. The molecular weight excluding hydrogens is 1360 g/mol. The number of hydrogen-bond acceptors (Lipinski definition) is 20. The van der Waals surface area contributed by atoms with E-state index in [1.54, 1.807) is 20.7 Å². The van der Waals surface area contributed by atoms with Gasteiger partial charge >= 0.3 is 55.4 Å². The van der Waals surface area contributed by atoms with Crippen LogP contribution in [0.4, 0.5) is 35.2 Å². The van der Waals surface area contributed by atoms with E-state index in [0.29, 0.717) is 92.8 Å². The molecule has 4 aromatic carbocycles. The van der Waals surface area contributed by atoms with Gasteiger partial charge in [0.15, 0.2) is 11.6 Å². The standard InChI is InChI=1S/C29H32N8O3.C28H31N9O3.C3H7.2HI.V/c1-3-21(33-26-20(17-30)25(31)35-29(32)36-26)27-34-22-15-10-12-18(11-6-4-9-16-23(38)40-2)24(22)28(39)37(27)19-13-7-5-8-14-19;1-2-20(32-25-19(16-29)24(30)34-28(31)35-25)26-33-21-14-9-11-17(10-5-3-8-15-22(38)36-40)23(21)27(39)37(26)18-12-6-4-7-13-18;1-3-2;;;/h5,7-8,10,12-15,21H,3-4,6,9,11,16H2,1-2H3,(H5,31,32,33,35,36);4,6-7,9,11-14,20,40H,2-3,5,8,10,15H2,1H3,(H,36,38)(H5,30,31,32,34,35);1,3H2,2H3;2*1H;/q;;-1;;;+2/p-2/t21-;20-;;;;/m00..../s1. The fourth-order valence-corrected chi connectivity index (χ4v) is 9.32. The van der Waals surface area contributed by atoms with Gasteiger partial charge in [-0.2, -0.15) is 36.9 Å². The Labute approximate surface area is 528 Å². The summed E-state index contributed by atoms with van der Waals surface area (Å²) in [5, 5.41) is 35.5. The van der Waals surface area contributed by atoms with Crippen LogP contribution in [0.1, 0.15) is 137 Å². The number of fused-ring (bicyclic) bond motifs is 2. The molecule has 2 atom stereocenters. The van der Waals surface area contributed by atoms with Crippen molar-refractivity contribution in [2.75, 3.05) is 40.7 Å². The Balaban J connectivity index is 0.000000288. The number of carbonyl (C=O) groups excluding carboxylic acids is 2. The maximum atomic E-state index is 14.2. The number of hydroxylamine groups is 1. The second-order valence-corrected chi connectivity index (χ2v) is 30.9. The quantitative estimate of drug-likeness (QED) is 0.00780. The number of anilines is 6. The Morgan fingerprint density at radius 2 is 1.02 bits per heavy atom. The molecule has 4 aromatic heterocycles. The van der Waals surface area contributed by atoms with Crippen LogP contribution in [0.15, 0.2) is 107 Å². The van der Waals surface area contributed by atoms with Crippen molar-refractivity contribution in [2.24, 2.45) is 0 Å². The number of nitrogens with two attached hydrogens (primary N) is 4. The molecule has 451 valence electrons. The number of hydrogen-bond donors (Lipinski definition) is 8. The first-order valence-electron chi connectivity index (χ1n) is 27.7. The van der Waals surface area contributed by atoms with E-state index in [-0.39, 0.29) is 69.8 Å². The van der Waals surface area contributed by atoms with Crippen LogP contribution in [0.3, 0.4) is 0 Å². The molecule has 0 saturated heterocycles. The van der Waals surface area contributed by atoms with Crippen LogP contribution in [0.25, 0.3) is 33.2 Å². The predicted molar refractivity (Wildman–Crippen MR) is 349 cm³/mol. The minimum absolute atomic E-state index is 0.0319. The second-order valence-electron chi connectivity index (χ2n) is 19.1. The predicted octanol–water partition coefficient (Wildman–Crippen LogP) is 10.4. The van der Waals surface area contributed by atoms with Crippen molar-refractivity contribution in [2.45, 2.75) is 116 Å². The molecule has 0 radical (unpaired) electrons. The number of nitrogens with one attached hydrogen (secondary N) is 3. The normalized spacial score (nSPS) is 11.2. The number of nitriles is 2. The van der Waals surface area contributed by atoms with Crippen molar-refractivity contribution >= 4 is 109 Å². The van der Waals surface area contributed by atoms with Gasteiger partial charge in [-0.1, -0.05) is 94.3 Å². The number of carbonyl (C=O) groups is 2. The molecule has 0 bridgehead atoms. The fraction of sp³-hybridized carbons (Fsp3) is 0.317. The van der Waals surface area contributed by atoms with E-state index in [1.807, 2.05) is 124 Å². The number of nitrogen functional groups attached to an aromatic ring is 4. The number of nitrogens with zero attached hydrogens (tertiary/aromatic N) is 10. The zero-order chi connectivity index (χ0) is 62.7. The van der Waals surface area contributed by atoms with Crippen LogP contribution < -0.4 is 50.2 Å². The van der Waals surface area contributed by atoms with E-state index in [4.69, 9.17) is 42.8 Å². The molecule has 8 rings (SSSR count). The number of benzene rings is 4. The SMILES string of the molecule is CC[C@H](Nc1nc(N)nc(N)c1C#N)c1nc2cccc(CCCCCC(=O)NO)c2c(=O)n1-c1ccccc1.CC[C@H](Nc1nc(N)nc(N)c1C#N)c1nc2cccc(CCCCCC(=O)OC)c2c(=O)n1-c1ccccc1.[CH2-]CC.[I][V][I]. The van der Waals surface area contributed by atoms with Crippen molar-refractivity contribution in [1.29, 1.82) is 10.5 Å². The topological polar surface area (TPSA) is 373 Å². The third-order valence-electron chi connectivity index (χ3n) is 13.3. The van der Waals surface area contributed by atoms with Gasteiger partial charge < -0.3 is 45.2 Å². The van der Waals surface area contributed by atoms with Crippen LogP contribution >= 0.6 is 40.0 Å². The zero-order valence-electron chi connectivity index (χ0n) is 48.3. The van der Waals surface area contributed by atoms with Crippen LogP contribution in [0.5, 0.6) is 0 Å². The van der Waals surface area contributed by atoms with E-state index < -0.39 is 18.0 Å². The van der Waals surface area contributed by atoms with E-state index in [1.165, 1.54) is 7.11 Å². The minimum atomic E-state index is -0.528. The molecule has 12 N–H and O–H groups in total. The van der Waals surface area contributed by atoms with Crippen LogP contribution in [0.2, 0.25) is 0 Å². The van der Waals surface area contributed by atoms with Crippen molar-refractivity contribution in [3.8, 4) is 23.5 Å². The van der Waals surface area contributed by atoms with Gasteiger partial charge in [0.1, 0.15) is 46.5 Å². The molecule has 0 saturated carbocycles. The first kappa shape index (κ1) is 68.8. The second kappa shape index (κ2) is 35.5. The van der Waals surface area contributed by atoms with E-state index >= 15 is 0 Å². The molecular formula is C60H70I2N17O6V-. The molecule has 0 spiro atoms. The molecule has 0 aliphatic carbocycles. The molecule has 26 heteroatoms. The number of aryl methyl sites for hydroxylation is 2. The molecule has 0 aliphatic heterocycles. The molecule has 0 aliphatic rings. The monoisotopic (exact) mass is 1430 g/mol. The third-order valence-corrected chi connectivity index (χ3v) is 13.3. The first-order valence-corrected chi connectivity index (χ1v) is 36.7. The summed E-state index contributed by atoms with van der Waals surface area (Å²) in [6.45, 7) is 9.37. The van der Waals surface area contributed by atoms with Crippen LogP contribution in [-0.2, 0) is 36.6 Å². The van der Waals surface area contributed by atoms with Gasteiger partial charge in [-0.05, 0) is 98.9 Å². The molecule has 86 heavy (non-hydrogen) atoms. The summed E-state index contributed by atoms with van der Waals surface area (Å²) in [6, 6.07) is 32.8. The molecule has 1 amide bonds. The average molecular weight is 1430 g/mol. The summed E-state index contributed by atoms with van der Waals surface area (Å²) in [5.74, 6) is 0.378.